The highest BCUT2D eigenvalue weighted by atomic mass is 35.5. The molecule has 0 saturated carbocycles. The maximum Gasteiger partial charge on any atom is 0.227 e. The second-order valence-electron chi connectivity index (χ2n) is 7.34. The molecule has 0 unspecified atom stereocenters. The van der Waals surface area contributed by atoms with E-state index in [1.807, 2.05) is 12.1 Å². The van der Waals surface area contributed by atoms with Crippen LogP contribution in [0, 0.1) is 5.82 Å². The minimum atomic E-state index is -0.441. The largest absolute Gasteiger partial charge is 0.496 e. The van der Waals surface area contributed by atoms with Gasteiger partial charge in [0.25, 0.3) is 0 Å². The Kier molecular flexibility index (Phi) is 5.30. The summed E-state index contributed by atoms with van der Waals surface area (Å²) in [5.74, 6) is 0.289. The van der Waals surface area contributed by atoms with Gasteiger partial charge in [-0.3, -0.25) is 4.79 Å². The molecule has 2 aliphatic heterocycles. The van der Waals surface area contributed by atoms with Crippen LogP contribution in [0.25, 0.3) is 0 Å². The van der Waals surface area contributed by atoms with E-state index in [1.165, 1.54) is 11.6 Å². The van der Waals surface area contributed by atoms with E-state index in [9.17, 15) is 9.18 Å². The van der Waals surface area contributed by atoms with Crippen molar-refractivity contribution in [3.63, 3.8) is 0 Å². The third-order valence-corrected chi connectivity index (χ3v) is 6.21. The molecule has 1 spiro atoms. The van der Waals surface area contributed by atoms with Crippen LogP contribution in [-0.2, 0) is 28.0 Å². The first-order valence-corrected chi connectivity index (χ1v) is 9.93. The normalized spacial score (nSPS) is 18.0. The molecule has 2 aliphatic rings. The highest BCUT2D eigenvalue weighted by Gasteiger charge is 2.43. The van der Waals surface area contributed by atoms with E-state index < -0.39 is 11.4 Å². The molecule has 148 valence electrons. The molecule has 0 radical (unpaired) electrons. The van der Waals surface area contributed by atoms with Gasteiger partial charge in [0.05, 0.1) is 20.1 Å². The maximum atomic E-state index is 14.0. The molecule has 0 aliphatic carbocycles. The number of methoxy groups -OCH3 is 1. The summed E-state index contributed by atoms with van der Waals surface area (Å²) in [5, 5.41) is 0.288. The summed E-state index contributed by atoms with van der Waals surface area (Å²) < 4.78 is 25.9. The van der Waals surface area contributed by atoms with Crippen molar-refractivity contribution in [2.45, 2.75) is 31.3 Å². The quantitative estimate of drug-likeness (QED) is 0.773. The zero-order chi connectivity index (χ0) is 19.7. The predicted molar refractivity (Wildman–Crippen MR) is 105 cm³/mol. The van der Waals surface area contributed by atoms with Gasteiger partial charge in [-0.1, -0.05) is 29.8 Å². The molecule has 0 aromatic heterocycles. The Bertz CT molecular complexity index is 859. The molecule has 1 fully saturated rings. The molecule has 1 amide bonds. The highest BCUT2D eigenvalue weighted by Crippen LogP contribution is 2.45. The van der Waals surface area contributed by atoms with Gasteiger partial charge < -0.3 is 14.4 Å². The fraction of sp³-hybridized carbons (Fsp3) is 0.409. The second kappa shape index (κ2) is 7.72. The van der Waals surface area contributed by atoms with E-state index >= 15 is 0 Å². The van der Waals surface area contributed by atoms with Gasteiger partial charge >= 0.3 is 0 Å². The lowest BCUT2D eigenvalue weighted by molar-refractivity contribution is -0.140. The average molecular weight is 404 g/mol. The van der Waals surface area contributed by atoms with Crippen LogP contribution < -0.4 is 4.74 Å². The standard InChI is InChI=1S/C22H23ClFNO3/c1-27-19-7-2-4-15-8-13-28-22(21(15)19)9-11-25(12-10-22)20(26)14-16-17(23)5-3-6-18(16)24/h2-7H,8-14H2,1H3. The number of likely N-dealkylation sites (tertiary alicyclic amines) is 1. The summed E-state index contributed by atoms with van der Waals surface area (Å²) in [6.07, 6.45) is 2.22. The van der Waals surface area contributed by atoms with Crippen LogP contribution >= 0.6 is 11.6 Å². The van der Waals surface area contributed by atoms with Crippen molar-refractivity contribution in [3.05, 3.63) is 63.9 Å². The Balaban J connectivity index is 1.51. The number of nitrogens with zero attached hydrogens (tertiary/aromatic N) is 1. The highest BCUT2D eigenvalue weighted by molar-refractivity contribution is 6.31. The lowest BCUT2D eigenvalue weighted by Gasteiger charge is -2.45. The lowest BCUT2D eigenvalue weighted by atomic mass is 9.78. The van der Waals surface area contributed by atoms with Gasteiger partial charge in [0.2, 0.25) is 5.91 Å². The maximum absolute atomic E-state index is 14.0. The Morgan fingerprint density at radius 1 is 1.25 bits per heavy atom. The summed E-state index contributed by atoms with van der Waals surface area (Å²) >= 11 is 6.07. The van der Waals surface area contributed by atoms with Crippen molar-refractivity contribution < 1.29 is 18.7 Å². The van der Waals surface area contributed by atoms with E-state index in [4.69, 9.17) is 21.1 Å². The van der Waals surface area contributed by atoms with E-state index in [-0.39, 0.29) is 22.9 Å². The van der Waals surface area contributed by atoms with Gasteiger partial charge in [-0.15, -0.1) is 0 Å². The average Bonchev–Trinajstić information content (AvgIpc) is 2.71. The molecule has 4 nitrogen and oxygen atoms in total. The fourth-order valence-corrected chi connectivity index (χ4v) is 4.61. The molecular formula is C22H23ClFNO3. The summed E-state index contributed by atoms with van der Waals surface area (Å²) in [7, 11) is 1.68. The van der Waals surface area contributed by atoms with Gasteiger partial charge in [0.1, 0.15) is 17.2 Å². The Morgan fingerprint density at radius 3 is 2.71 bits per heavy atom. The SMILES string of the molecule is COc1cccc2c1C1(CCN(C(=O)Cc3c(F)cccc3Cl)CC1)OCC2. The topological polar surface area (TPSA) is 38.8 Å². The van der Waals surface area contributed by atoms with Crippen molar-refractivity contribution in [2.75, 3.05) is 26.8 Å². The van der Waals surface area contributed by atoms with Gasteiger partial charge in [0, 0.05) is 29.2 Å². The van der Waals surface area contributed by atoms with Crippen LogP contribution in [0.4, 0.5) is 4.39 Å². The monoisotopic (exact) mass is 403 g/mol. The second-order valence-corrected chi connectivity index (χ2v) is 7.75. The van der Waals surface area contributed by atoms with Crippen LogP contribution in [0.15, 0.2) is 36.4 Å². The number of fused-ring (bicyclic) bond motifs is 2. The van der Waals surface area contributed by atoms with Crippen LogP contribution in [0.1, 0.15) is 29.5 Å². The zero-order valence-electron chi connectivity index (χ0n) is 15.8. The molecule has 2 aromatic rings. The molecule has 4 rings (SSSR count). The Morgan fingerprint density at radius 2 is 2.00 bits per heavy atom. The predicted octanol–water partition coefficient (Wildman–Crippen LogP) is 4.12. The smallest absolute Gasteiger partial charge is 0.227 e. The van der Waals surface area contributed by atoms with Crippen molar-refractivity contribution in [1.29, 1.82) is 0 Å². The Hall–Kier alpha value is -2.11. The van der Waals surface area contributed by atoms with Crippen molar-refractivity contribution in [2.24, 2.45) is 0 Å². The van der Waals surface area contributed by atoms with Gasteiger partial charge in [-0.2, -0.15) is 0 Å². The number of carbonyl (C=O) groups is 1. The van der Waals surface area contributed by atoms with Crippen molar-refractivity contribution >= 4 is 17.5 Å². The Labute approximate surface area is 169 Å². The van der Waals surface area contributed by atoms with Gasteiger partial charge in [-0.25, -0.2) is 4.39 Å². The number of rotatable bonds is 3. The van der Waals surface area contributed by atoms with Crippen molar-refractivity contribution in [3.8, 4) is 5.75 Å². The molecule has 0 bridgehead atoms. The number of hydrogen-bond donors (Lipinski definition) is 0. The number of carbonyl (C=O) groups excluding carboxylic acids is 1. The molecular weight excluding hydrogens is 381 g/mol. The molecule has 0 atom stereocenters. The third kappa shape index (κ3) is 3.38. The van der Waals surface area contributed by atoms with Crippen LogP contribution in [0.3, 0.4) is 0 Å². The fourth-order valence-electron chi connectivity index (χ4n) is 4.38. The molecule has 0 N–H and O–H groups in total. The minimum Gasteiger partial charge on any atom is -0.496 e. The van der Waals surface area contributed by atoms with Crippen molar-refractivity contribution in [1.82, 2.24) is 4.90 Å². The van der Waals surface area contributed by atoms with Gasteiger partial charge in [-0.05, 0) is 43.0 Å². The minimum absolute atomic E-state index is 0.0285. The number of piperidine rings is 1. The summed E-state index contributed by atoms with van der Waals surface area (Å²) in [5.41, 5.74) is 2.21. The number of ether oxygens (including phenoxy) is 2. The number of amides is 1. The first kappa shape index (κ1) is 19.2. The van der Waals surface area contributed by atoms with Crippen LogP contribution in [0.5, 0.6) is 5.75 Å². The lowest BCUT2D eigenvalue weighted by Crippen LogP contribution is -2.48. The number of hydrogen-bond acceptors (Lipinski definition) is 3. The van der Waals surface area contributed by atoms with Crippen LogP contribution in [0.2, 0.25) is 5.02 Å². The number of halogens is 2. The van der Waals surface area contributed by atoms with E-state index in [0.29, 0.717) is 32.5 Å². The third-order valence-electron chi connectivity index (χ3n) is 5.85. The van der Waals surface area contributed by atoms with Gasteiger partial charge in [0.15, 0.2) is 0 Å². The van der Waals surface area contributed by atoms with E-state index in [0.717, 1.165) is 17.7 Å². The summed E-state index contributed by atoms with van der Waals surface area (Å²) in [6, 6.07) is 10.6. The molecule has 28 heavy (non-hydrogen) atoms. The van der Waals surface area contributed by atoms with Crippen LogP contribution in [-0.4, -0.2) is 37.6 Å². The molecule has 1 saturated heterocycles. The molecule has 2 heterocycles. The van der Waals surface area contributed by atoms with E-state index in [1.54, 1.807) is 24.1 Å². The molecule has 2 aromatic carbocycles. The summed E-state index contributed by atoms with van der Waals surface area (Å²) in [4.78, 5) is 14.5. The summed E-state index contributed by atoms with van der Waals surface area (Å²) in [6.45, 7) is 1.78. The van der Waals surface area contributed by atoms with E-state index in [2.05, 4.69) is 6.07 Å². The zero-order valence-corrected chi connectivity index (χ0v) is 16.6. The first-order chi connectivity index (χ1) is 13.5. The molecule has 6 heteroatoms. The first-order valence-electron chi connectivity index (χ1n) is 9.55. The number of benzene rings is 2.